The minimum Gasteiger partial charge on any atom is -0.482 e. The maximum Gasteiger partial charge on any atom is 0.341 e. The lowest BCUT2D eigenvalue weighted by atomic mass is 9.91. The molecule has 140 valence electrons. The van der Waals surface area contributed by atoms with Crippen LogP contribution in [0.3, 0.4) is 0 Å². The van der Waals surface area contributed by atoms with Crippen LogP contribution in [0.15, 0.2) is 40.6 Å². The minimum atomic E-state index is -0.944. The lowest BCUT2D eigenvalue weighted by molar-refractivity contribution is -0.139. The second kappa shape index (κ2) is 8.13. The van der Waals surface area contributed by atoms with E-state index in [1.54, 1.807) is 11.3 Å². The number of halogens is 1. The largest absolute Gasteiger partial charge is 0.482 e. The van der Waals surface area contributed by atoms with Crippen LogP contribution in [-0.2, 0) is 23.4 Å². The fourth-order valence-electron chi connectivity index (χ4n) is 3.53. The molecule has 1 aromatic heterocycles. The molecule has 0 amide bonds. The number of thioether (sulfide) groups is 1. The molecule has 3 nitrogen and oxygen atoms in total. The average Bonchev–Trinajstić information content (AvgIpc) is 3.07. The zero-order valence-corrected chi connectivity index (χ0v) is 17.1. The lowest BCUT2D eigenvalue weighted by Gasteiger charge is -2.22. The number of ether oxygens (including phenoxy) is 1. The van der Waals surface area contributed by atoms with Gasteiger partial charge in [0.2, 0.25) is 0 Å². The third-order valence-corrected chi connectivity index (χ3v) is 7.20. The van der Waals surface area contributed by atoms with E-state index in [4.69, 9.17) is 21.4 Å². The molecule has 1 aliphatic carbocycles. The van der Waals surface area contributed by atoms with Gasteiger partial charge < -0.3 is 9.84 Å². The predicted octanol–water partition coefficient (Wildman–Crippen LogP) is 6.19. The molecule has 0 saturated heterocycles. The van der Waals surface area contributed by atoms with Crippen LogP contribution >= 0.6 is 34.7 Å². The minimum absolute atomic E-state index is 0.291. The van der Waals surface area contributed by atoms with Gasteiger partial charge in [0, 0.05) is 20.4 Å². The number of benzene rings is 2. The van der Waals surface area contributed by atoms with Crippen LogP contribution < -0.4 is 4.74 Å². The summed E-state index contributed by atoms with van der Waals surface area (Å²) in [7, 11) is 0. The topological polar surface area (TPSA) is 46.5 Å². The van der Waals surface area contributed by atoms with Crippen LogP contribution in [0.25, 0.3) is 10.1 Å². The molecule has 0 spiro atoms. The SMILES string of the molecule is O=C(O)COc1ccc(SCc2csc3ccc(Cl)cc23)c2c1CCCC2. The number of rotatable bonds is 6. The summed E-state index contributed by atoms with van der Waals surface area (Å²) in [6.45, 7) is -0.291. The summed E-state index contributed by atoms with van der Waals surface area (Å²) >= 11 is 9.76. The maximum atomic E-state index is 10.8. The smallest absolute Gasteiger partial charge is 0.341 e. The number of fused-ring (bicyclic) bond motifs is 2. The molecule has 3 aromatic rings. The van der Waals surface area contributed by atoms with Gasteiger partial charge in [0.15, 0.2) is 6.61 Å². The Hall–Kier alpha value is -1.69. The van der Waals surface area contributed by atoms with Crippen LogP contribution in [0, 0.1) is 0 Å². The molecule has 4 rings (SSSR count). The summed E-state index contributed by atoms with van der Waals surface area (Å²) in [5.41, 5.74) is 3.82. The van der Waals surface area contributed by atoms with Crippen LogP contribution in [0.2, 0.25) is 5.02 Å². The van der Waals surface area contributed by atoms with Crippen LogP contribution in [0.4, 0.5) is 0 Å². The fourth-order valence-corrected chi connectivity index (χ4v) is 5.87. The number of aliphatic carboxylic acids is 1. The Bertz CT molecular complexity index is 997. The molecule has 1 aliphatic rings. The van der Waals surface area contributed by atoms with Crippen molar-refractivity contribution in [1.82, 2.24) is 0 Å². The zero-order valence-electron chi connectivity index (χ0n) is 14.7. The van der Waals surface area contributed by atoms with Crippen LogP contribution in [0.1, 0.15) is 29.5 Å². The normalized spacial score (nSPS) is 13.5. The number of thiophene rings is 1. The van der Waals surface area contributed by atoms with E-state index < -0.39 is 5.97 Å². The fraction of sp³-hybridized carbons (Fsp3) is 0.286. The molecule has 6 heteroatoms. The first-order valence-corrected chi connectivity index (χ1v) is 11.1. The third kappa shape index (κ3) is 4.10. The third-order valence-electron chi connectivity index (χ3n) is 4.80. The van der Waals surface area contributed by atoms with E-state index in [9.17, 15) is 4.79 Å². The summed E-state index contributed by atoms with van der Waals surface area (Å²) in [6.07, 6.45) is 4.27. The Morgan fingerprint density at radius 1 is 1.19 bits per heavy atom. The maximum absolute atomic E-state index is 10.8. The number of carboxylic acids is 1. The summed E-state index contributed by atoms with van der Waals surface area (Å²) in [5.74, 6) is 0.674. The number of hydrogen-bond donors (Lipinski definition) is 1. The highest BCUT2D eigenvalue weighted by molar-refractivity contribution is 7.98. The van der Waals surface area contributed by atoms with E-state index in [0.717, 1.165) is 35.8 Å². The highest BCUT2D eigenvalue weighted by Crippen LogP contribution is 2.39. The Morgan fingerprint density at radius 2 is 2.00 bits per heavy atom. The van der Waals surface area contributed by atoms with E-state index in [-0.39, 0.29) is 6.61 Å². The van der Waals surface area contributed by atoms with Crippen molar-refractivity contribution in [2.45, 2.75) is 36.3 Å². The summed E-state index contributed by atoms with van der Waals surface area (Å²) in [6, 6.07) is 10.1. The van der Waals surface area contributed by atoms with Crippen molar-refractivity contribution in [3.63, 3.8) is 0 Å². The molecule has 2 aromatic carbocycles. The van der Waals surface area contributed by atoms with Gasteiger partial charge in [-0.25, -0.2) is 4.79 Å². The van der Waals surface area contributed by atoms with Gasteiger partial charge in [-0.2, -0.15) is 0 Å². The first-order chi connectivity index (χ1) is 13.1. The molecule has 0 atom stereocenters. The second-order valence-electron chi connectivity index (χ2n) is 6.60. The van der Waals surface area contributed by atoms with Gasteiger partial charge >= 0.3 is 5.97 Å². The molecule has 0 unspecified atom stereocenters. The van der Waals surface area contributed by atoms with Gasteiger partial charge in [0.25, 0.3) is 0 Å². The summed E-state index contributed by atoms with van der Waals surface area (Å²) in [4.78, 5) is 12.1. The molecular formula is C21H19ClO3S2. The Morgan fingerprint density at radius 3 is 2.81 bits per heavy atom. The molecule has 1 N–H and O–H groups in total. The van der Waals surface area contributed by atoms with Crippen molar-refractivity contribution in [3.8, 4) is 5.75 Å². The van der Waals surface area contributed by atoms with E-state index in [2.05, 4.69) is 17.5 Å². The van der Waals surface area contributed by atoms with Crippen molar-refractivity contribution < 1.29 is 14.6 Å². The van der Waals surface area contributed by atoms with E-state index >= 15 is 0 Å². The zero-order chi connectivity index (χ0) is 18.8. The monoisotopic (exact) mass is 418 g/mol. The molecule has 0 aliphatic heterocycles. The average molecular weight is 419 g/mol. The van der Waals surface area contributed by atoms with Crippen molar-refractivity contribution in [2.75, 3.05) is 6.61 Å². The van der Waals surface area contributed by atoms with Crippen LogP contribution in [0.5, 0.6) is 5.75 Å². The Balaban J connectivity index is 1.58. The predicted molar refractivity (Wildman–Crippen MR) is 113 cm³/mol. The van der Waals surface area contributed by atoms with Gasteiger partial charge in [-0.05, 0) is 83.5 Å². The van der Waals surface area contributed by atoms with E-state index in [1.165, 1.54) is 38.1 Å². The second-order valence-corrected chi connectivity index (χ2v) is 8.96. The van der Waals surface area contributed by atoms with Crippen molar-refractivity contribution in [1.29, 1.82) is 0 Å². The summed E-state index contributed by atoms with van der Waals surface area (Å²) < 4.78 is 6.78. The van der Waals surface area contributed by atoms with Gasteiger partial charge in [0.05, 0.1) is 0 Å². The van der Waals surface area contributed by atoms with Crippen LogP contribution in [-0.4, -0.2) is 17.7 Å². The van der Waals surface area contributed by atoms with E-state index in [0.29, 0.717) is 0 Å². The Labute approximate surface area is 171 Å². The Kier molecular flexibility index (Phi) is 5.62. The van der Waals surface area contributed by atoms with Gasteiger partial charge in [-0.3, -0.25) is 0 Å². The molecule has 1 heterocycles. The quantitative estimate of drug-likeness (QED) is 0.485. The molecule has 0 bridgehead atoms. The van der Waals surface area contributed by atoms with Crippen molar-refractivity contribution >= 4 is 50.8 Å². The summed E-state index contributed by atoms with van der Waals surface area (Å²) in [5, 5.41) is 13.1. The first kappa shape index (κ1) is 18.7. The molecule has 0 saturated carbocycles. The standard InChI is InChI=1S/C21H19ClO3S2/c22-14-5-7-20-17(9-14)13(12-27-20)11-26-19-8-6-18(25-10-21(23)24)15-3-1-2-4-16(15)19/h5-9,12H,1-4,10-11H2,(H,23,24). The van der Waals surface area contributed by atoms with Gasteiger partial charge in [-0.15, -0.1) is 23.1 Å². The highest BCUT2D eigenvalue weighted by Gasteiger charge is 2.19. The highest BCUT2D eigenvalue weighted by atomic mass is 35.5. The number of carboxylic acid groups (broad SMARTS) is 1. The molecule has 27 heavy (non-hydrogen) atoms. The molecular weight excluding hydrogens is 400 g/mol. The number of carbonyl (C=O) groups is 1. The van der Waals surface area contributed by atoms with E-state index in [1.807, 2.05) is 30.0 Å². The lowest BCUT2D eigenvalue weighted by Crippen LogP contribution is -2.13. The van der Waals surface area contributed by atoms with Crippen molar-refractivity contribution in [3.05, 3.63) is 57.4 Å². The van der Waals surface area contributed by atoms with Gasteiger partial charge in [-0.1, -0.05) is 11.6 Å². The molecule has 0 fully saturated rings. The molecule has 0 radical (unpaired) electrons. The number of hydrogen-bond acceptors (Lipinski definition) is 4. The van der Waals surface area contributed by atoms with Gasteiger partial charge in [0.1, 0.15) is 5.75 Å². The first-order valence-electron chi connectivity index (χ1n) is 8.89. The van der Waals surface area contributed by atoms with Crippen molar-refractivity contribution in [2.24, 2.45) is 0 Å².